The molecule has 1 saturated heterocycles. The van der Waals surface area contributed by atoms with Gasteiger partial charge in [-0.25, -0.2) is 4.79 Å². The Morgan fingerprint density at radius 3 is 2.50 bits per heavy atom. The summed E-state index contributed by atoms with van der Waals surface area (Å²) in [6.07, 6.45) is 0.157. The van der Waals surface area contributed by atoms with Crippen molar-refractivity contribution in [2.75, 3.05) is 18.8 Å². The van der Waals surface area contributed by atoms with Gasteiger partial charge in [-0.3, -0.25) is 0 Å². The van der Waals surface area contributed by atoms with E-state index < -0.39 is 17.2 Å². The number of carbonyl (C=O) groups excluding carboxylic acids is 1. The van der Waals surface area contributed by atoms with Gasteiger partial charge in [0.15, 0.2) is 0 Å². The van der Waals surface area contributed by atoms with E-state index in [0.717, 1.165) is 0 Å². The summed E-state index contributed by atoms with van der Waals surface area (Å²) in [6, 6.07) is 0. The fourth-order valence-corrected chi connectivity index (χ4v) is 2.37. The van der Waals surface area contributed by atoms with Crippen molar-refractivity contribution < 1.29 is 22.7 Å². The van der Waals surface area contributed by atoms with Crippen LogP contribution in [0.1, 0.15) is 27.2 Å². The van der Waals surface area contributed by atoms with E-state index in [0.29, 0.717) is 19.5 Å². The molecular formula is C11H18F3NO2S. The number of ether oxygens (including phenoxy) is 1. The van der Waals surface area contributed by atoms with Crippen LogP contribution in [-0.2, 0) is 4.74 Å². The molecular weight excluding hydrogens is 267 g/mol. The molecule has 1 atom stereocenters. The first kappa shape index (κ1) is 15.5. The molecule has 1 aliphatic rings. The quantitative estimate of drug-likeness (QED) is 0.777. The van der Waals surface area contributed by atoms with Crippen molar-refractivity contribution in [3.8, 4) is 0 Å². The van der Waals surface area contributed by atoms with E-state index >= 15 is 0 Å². The maximum absolute atomic E-state index is 12.0. The van der Waals surface area contributed by atoms with Crippen molar-refractivity contribution in [3.63, 3.8) is 0 Å². The van der Waals surface area contributed by atoms with Gasteiger partial charge in [0.1, 0.15) is 5.60 Å². The van der Waals surface area contributed by atoms with Gasteiger partial charge in [0, 0.05) is 18.8 Å². The predicted octanol–water partition coefficient (Wildman–Crippen LogP) is 3.50. The van der Waals surface area contributed by atoms with Gasteiger partial charge in [-0.1, -0.05) is 11.8 Å². The average molecular weight is 285 g/mol. The molecule has 0 aromatic rings. The van der Waals surface area contributed by atoms with Crippen molar-refractivity contribution in [2.45, 2.75) is 38.3 Å². The summed E-state index contributed by atoms with van der Waals surface area (Å²) in [5, 5.41) is 0. The first-order valence-corrected chi connectivity index (χ1v) is 6.74. The molecule has 0 saturated carbocycles. The third-order valence-electron chi connectivity index (χ3n) is 2.42. The summed E-state index contributed by atoms with van der Waals surface area (Å²) in [5.41, 5.74) is -4.77. The third-order valence-corrected chi connectivity index (χ3v) is 3.39. The van der Waals surface area contributed by atoms with E-state index in [2.05, 4.69) is 0 Å². The molecule has 0 aromatic heterocycles. The lowest BCUT2D eigenvalue weighted by Crippen LogP contribution is -2.35. The first-order chi connectivity index (χ1) is 8.07. The van der Waals surface area contributed by atoms with Gasteiger partial charge < -0.3 is 9.64 Å². The van der Waals surface area contributed by atoms with E-state index in [4.69, 9.17) is 4.74 Å². The van der Waals surface area contributed by atoms with Crippen LogP contribution in [0.25, 0.3) is 0 Å². The number of amides is 1. The van der Waals surface area contributed by atoms with Gasteiger partial charge in [0.25, 0.3) is 0 Å². The fourth-order valence-electron chi connectivity index (χ4n) is 1.67. The molecule has 0 aliphatic carbocycles. The second-order valence-corrected chi connectivity index (χ2v) is 6.42. The molecule has 3 nitrogen and oxygen atoms in total. The van der Waals surface area contributed by atoms with Crippen LogP contribution in [0, 0.1) is 5.92 Å². The zero-order valence-corrected chi connectivity index (χ0v) is 11.5. The van der Waals surface area contributed by atoms with E-state index in [9.17, 15) is 18.0 Å². The van der Waals surface area contributed by atoms with Crippen molar-refractivity contribution in [1.29, 1.82) is 0 Å². The van der Waals surface area contributed by atoms with E-state index in [-0.39, 0.29) is 23.4 Å². The van der Waals surface area contributed by atoms with Crippen LogP contribution >= 0.6 is 11.8 Å². The Morgan fingerprint density at radius 1 is 1.39 bits per heavy atom. The molecule has 0 spiro atoms. The summed E-state index contributed by atoms with van der Waals surface area (Å²) in [6.45, 7) is 6.10. The van der Waals surface area contributed by atoms with E-state index in [1.807, 2.05) is 0 Å². The molecule has 0 bridgehead atoms. The number of nitrogens with zero attached hydrogens (tertiary/aromatic N) is 1. The summed E-state index contributed by atoms with van der Waals surface area (Å²) in [4.78, 5) is 13.2. The number of hydrogen-bond acceptors (Lipinski definition) is 3. The highest BCUT2D eigenvalue weighted by Crippen LogP contribution is 2.33. The summed E-state index contributed by atoms with van der Waals surface area (Å²) >= 11 is -0.0211. The van der Waals surface area contributed by atoms with Crippen LogP contribution in [0.15, 0.2) is 0 Å². The maximum Gasteiger partial charge on any atom is 0.441 e. The van der Waals surface area contributed by atoms with E-state index in [1.165, 1.54) is 4.90 Å². The molecule has 0 N–H and O–H groups in total. The minimum Gasteiger partial charge on any atom is -0.444 e. The third kappa shape index (κ3) is 5.84. The molecule has 106 valence electrons. The molecule has 0 radical (unpaired) electrons. The largest absolute Gasteiger partial charge is 0.444 e. The van der Waals surface area contributed by atoms with Crippen LogP contribution in [0.2, 0.25) is 0 Å². The second kappa shape index (κ2) is 5.59. The minimum atomic E-state index is -4.20. The van der Waals surface area contributed by atoms with Crippen LogP contribution < -0.4 is 0 Å². The second-order valence-electron chi connectivity index (χ2n) is 5.34. The predicted molar refractivity (Wildman–Crippen MR) is 64.4 cm³/mol. The normalized spacial score (nSPS) is 21.2. The maximum atomic E-state index is 12.0. The van der Waals surface area contributed by atoms with E-state index in [1.54, 1.807) is 20.8 Å². The highest BCUT2D eigenvalue weighted by molar-refractivity contribution is 8.00. The van der Waals surface area contributed by atoms with Gasteiger partial charge in [-0.05, 0) is 33.1 Å². The minimum absolute atomic E-state index is 0.00278. The molecule has 1 aliphatic heterocycles. The number of carbonyl (C=O) groups is 1. The highest BCUT2D eigenvalue weighted by atomic mass is 32.2. The molecule has 0 unspecified atom stereocenters. The molecule has 1 heterocycles. The lowest BCUT2D eigenvalue weighted by Gasteiger charge is -2.24. The molecule has 18 heavy (non-hydrogen) atoms. The lowest BCUT2D eigenvalue weighted by atomic mass is 10.2. The van der Waals surface area contributed by atoms with Crippen LogP contribution in [-0.4, -0.2) is 40.9 Å². The van der Waals surface area contributed by atoms with Crippen LogP contribution in [0.4, 0.5) is 18.0 Å². The van der Waals surface area contributed by atoms with Gasteiger partial charge in [-0.15, -0.1) is 0 Å². The van der Waals surface area contributed by atoms with Crippen LogP contribution in [0.3, 0.4) is 0 Å². The number of alkyl halides is 3. The van der Waals surface area contributed by atoms with Crippen molar-refractivity contribution in [3.05, 3.63) is 0 Å². The van der Waals surface area contributed by atoms with Crippen molar-refractivity contribution >= 4 is 17.9 Å². The summed E-state index contributed by atoms with van der Waals surface area (Å²) < 4.78 is 41.3. The SMILES string of the molecule is CC(C)(C)OC(=O)N1CC[C@H](CSC(F)(F)F)C1. The Morgan fingerprint density at radius 2 is 2.00 bits per heavy atom. The van der Waals surface area contributed by atoms with Gasteiger partial charge >= 0.3 is 11.6 Å². The summed E-state index contributed by atoms with van der Waals surface area (Å²) in [5.74, 6) is -0.104. The molecule has 1 rings (SSSR count). The number of hydrogen-bond donors (Lipinski definition) is 0. The number of halogens is 3. The average Bonchev–Trinajstić information content (AvgIpc) is 2.58. The lowest BCUT2D eigenvalue weighted by molar-refractivity contribution is -0.0329. The Hall–Kier alpha value is -0.590. The van der Waals surface area contributed by atoms with Gasteiger partial charge in [0.05, 0.1) is 0 Å². The number of likely N-dealkylation sites (tertiary alicyclic amines) is 1. The summed E-state index contributed by atoms with van der Waals surface area (Å²) in [7, 11) is 0. The molecule has 7 heteroatoms. The monoisotopic (exact) mass is 285 g/mol. The number of rotatable bonds is 2. The Kier molecular flexibility index (Phi) is 4.80. The number of thioether (sulfide) groups is 1. The fraction of sp³-hybridized carbons (Fsp3) is 0.909. The Balaban J connectivity index is 2.35. The standard InChI is InChI=1S/C11H18F3NO2S/c1-10(2,3)17-9(16)15-5-4-8(6-15)7-18-11(12,13)14/h8H,4-7H2,1-3H3/t8-/m0/s1. The van der Waals surface area contributed by atoms with Crippen molar-refractivity contribution in [2.24, 2.45) is 5.92 Å². The van der Waals surface area contributed by atoms with Gasteiger partial charge in [0.2, 0.25) is 0 Å². The molecule has 1 fully saturated rings. The van der Waals surface area contributed by atoms with Crippen molar-refractivity contribution in [1.82, 2.24) is 4.90 Å². The van der Waals surface area contributed by atoms with Gasteiger partial charge in [-0.2, -0.15) is 13.2 Å². The first-order valence-electron chi connectivity index (χ1n) is 5.75. The Labute approximate surface area is 109 Å². The van der Waals surface area contributed by atoms with Crippen LogP contribution in [0.5, 0.6) is 0 Å². The zero-order chi connectivity index (χ0) is 14.0. The molecule has 1 amide bonds. The smallest absolute Gasteiger partial charge is 0.441 e. The topological polar surface area (TPSA) is 29.5 Å². The highest BCUT2D eigenvalue weighted by Gasteiger charge is 2.34. The molecule has 0 aromatic carbocycles. The Bertz CT molecular complexity index is 302. The zero-order valence-electron chi connectivity index (χ0n) is 10.7.